The van der Waals surface area contributed by atoms with Gasteiger partial charge in [0.2, 0.25) is 0 Å². The number of hydrogen-bond acceptors (Lipinski definition) is 1. The lowest BCUT2D eigenvalue weighted by Crippen LogP contribution is -2.27. The van der Waals surface area contributed by atoms with Gasteiger partial charge in [0.25, 0.3) is 0 Å². The van der Waals surface area contributed by atoms with Crippen molar-refractivity contribution in [2.75, 3.05) is 7.05 Å². The van der Waals surface area contributed by atoms with E-state index in [1.54, 1.807) is 0 Å². The van der Waals surface area contributed by atoms with Crippen LogP contribution >= 0.6 is 0 Å². The van der Waals surface area contributed by atoms with Gasteiger partial charge in [-0.15, -0.1) is 0 Å². The van der Waals surface area contributed by atoms with E-state index in [4.69, 9.17) is 0 Å². The number of rotatable bonds is 11. The highest BCUT2D eigenvalue weighted by Gasteiger charge is 2.11. The highest BCUT2D eigenvalue weighted by atomic mass is 19.1. The van der Waals surface area contributed by atoms with Crippen LogP contribution in [0.3, 0.4) is 0 Å². The molecule has 0 saturated carbocycles. The molecule has 0 spiro atoms. The van der Waals surface area contributed by atoms with Crippen LogP contribution < -0.4 is 5.32 Å². The van der Waals surface area contributed by atoms with Crippen LogP contribution in [0.15, 0.2) is 18.2 Å². The predicted molar refractivity (Wildman–Crippen MR) is 85.5 cm³/mol. The molecule has 0 saturated heterocycles. The smallest absolute Gasteiger partial charge is 0.126 e. The molecule has 0 aromatic heterocycles. The van der Waals surface area contributed by atoms with E-state index in [1.807, 2.05) is 7.05 Å². The predicted octanol–water partition coefficient (Wildman–Crippen LogP) is 5.24. The molecule has 0 aliphatic heterocycles. The first-order valence-electron chi connectivity index (χ1n) is 8.28. The second-order valence-electron chi connectivity index (χ2n) is 5.84. The van der Waals surface area contributed by atoms with Crippen molar-refractivity contribution in [1.29, 1.82) is 0 Å². The average molecular weight is 297 g/mol. The Morgan fingerprint density at radius 1 is 1.00 bits per heavy atom. The van der Waals surface area contributed by atoms with E-state index in [0.717, 1.165) is 12.8 Å². The molecule has 0 radical (unpaired) electrons. The van der Waals surface area contributed by atoms with Gasteiger partial charge in [-0.2, -0.15) is 0 Å². The normalized spacial score (nSPS) is 12.6. The first-order valence-corrected chi connectivity index (χ1v) is 8.28. The largest absolute Gasteiger partial charge is 0.317 e. The van der Waals surface area contributed by atoms with Crippen molar-refractivity contribution in [2.24, 2.45) is 0 Å². The summed E-state index contributed by atoms with van der Waals surface area (Å²) in [4.78, 5) is 0. The lowest BCUT2D eigenvalue weighted by molar-refractivity contribution is 0.468. The SMILES string of the molecule is CCCCCCCCCC(Cc1cc(F)ccc1F)NC. The maximum Gasteiger partial charge on any atom is 0.126 e. The Bertz CT molecular complexity index is 393. The molecule has 1 atom stereocenters. The molecule has 120 valence electrons. The van der Waals surface area contributed by atoms with Crippen LogP contribution in [0.2, 0.25) is 0 Å². The summed E-state index contributed by atoms with van der Waals surface area (Å²) in [5.41, 5.74) is 0.470. The average Bonchev–Trinajstić information content (AvgIpc) is 2.48. The number of benzene rings is 1. The van der Waals surface area contributed by atoms with Gasteiger partial charge in [0.05, 0.1) is 0 Å². The number of unbranched alkanes of at least 4 members (excludes halogenated alkanes) is 6. The quantitative estimate of drug-likeness (QED) is 0.551. The Morgan fingerprint density at radius 2 is 1.67 bits per heavy atom. The lowest BCUT2D eigenvalue weighted by atomic mass is 9.99. The minimum absolute atomic E-state index is 0.219. The van der Waals surface area contributed by atoms with E-state index in [9.17, 15) is 8.78 Å². The third-order valence-electron chi connectivity index (χ3n) is 4.04. The van der Waals surface area contributed by atoms with Gasteiger partial charge in [0, 0.05) is 6.04 Å². The lowest BCUT2D eigenvalue weighted by Gasteiger charge is -2.16. The Hall–Kier alpha value is -0.960. The summed E-state index contributed by atoms with van der Waals surface area (Å²) in [6.45, 7) is 2.23. The molecule has 0 aliphatic carbocycles. The minimum atomic E-state index is -0.364. The Morgan fingerprint density at radius 3 is 2.33 bits per heavy atom. The molecular formula is C18H29F2N. The number of likely N-dealkylation sites (N-methyl/N-ethyl adjacent to an activating group) is 1. The fourth-order valence-corrected chi connectivity index (χ4v) is 2.66. The van der Waals surface area contributed by atoms with Crippen molar-refractivity contribution in [2.45, 2.75) is 70.8 Å². The van der Waals surface area contributed by atoms with Crippen LogP contribution in [0.1, 0.15) is 63.9 Å². The molecule has 1 nitrogen and oxygen atoms in total. The van der Waals surface area contributed by atoms with Crippen LogP contribution in [0, 0.1) is 11.6 Å². The second kappa shape index (κ2) is 10.7. The summed E-state index contributed by atoms with van der Waals surface area (Å²) >= 11 is 0. The minimum Gasteiger partial charge on any atom is -0.317 e. The number of hydrogen-bond donors (Lipinski definition) is 1. The standard InChI is InChI=1S/C18H29F2N/c1-3-4-5-6-7-8-9-10-17(21-2)14-15-13-16(19)11-12-18(15)20/h11-13,17,21H,3-10,14H2,1-2H3. The van der Waals surface area contributed by atoms with Crippen LogP contribution in [-0.4, -0.2) is 13.1 Å². The summed E-state index contributed by atoms with van der Waals surface area (Å²) in [7, 11) is 1.89. The van der Waals surface area contributed by atoms with Crippen molar-refractivity contribution in [3.63, 3.8) is 0 Å². The van der Waals surface area contributed by atoms with Crippen LogP contribution in [0.5, 0.6) is 0 Å². The van der Waals surface area contributed by atoms with Crippen molar-refractivity contribution in [3.8, 4) is 0 Å². The van der Waals surface area contributed by atoms with Gasteiger partial charge in [-0.1, -0.05) is 51.9 Å². The molecule has 0 heterocycles. The van der Waals surface area contributed by atoms with Gasteiger partial charge in [-0.05, 0) is 43.7 Å². The zero-order chi connectivity index (χ0) is 15.5. The van der Waals surface area contributed by atoms with Gasteiger partial charge < -0.3 is 5.32 Å². The van der Waals surface area contributed by atoms with Crippen LogP contribution in [-0.2, 0) is 6.42 Å². The van der Waals surface area contributed by atoms with Crippen LogP contribution in [0.25, 0.3) is 0 Å². The van der Waals surface area contributed by atoms with Gasteiger partial charge in [0.15, 0.2) is 0 Å². The molecule has 21 heavy (non-hydrogen) atoms. The van der Waals surface area contributed by atoms with Gasteiger partial charge >= 0.3 is 0 Å². The number of nitrogens with one attached hydrogen (secondary N) is 1. The maximum absolute atomic E-state index is 13.6. The Labute approximate surface area is 128 Å². The van der Waals surface area contributed by atoms with Gasteiger partial charge in [-0.3, -0.25) is 0 Å². The highest BCUT2D eigenvalue weighted by Crippen LogP contribution is 2.15. The molecule has 1 aromatic carbocycles. The summed E-state index contributed by atoms with van der Waals surface area (Å²) < 4.78 is 26.8. The van der Waals surface area contributed by atoms with Gasteiger partial charge in [-0.25, -0.2) is 8.78 Å². The first-order chi connectivity index (χ1) is 10.2. The molecule has 0 fully saturated rings. The molecule has 0 bridgehead atoms. The number of halogens is 2. The summed E-state index contributed by atoms with van der Waals surface area (Å²) in [5.74, 6) is -0.673. The summed E-state index contributed by atoms with van der Waals surface area (Å²) in [6, 6.07) is 3.91. The fourth-order valence-electron chi connectivity index (χ4n) is 2.66. The maximum atomic E-state index is 13.6. The molecular weight excluding hydrogens is 268 g/mol. The summed E-state index contributed by atoms with van der Waals surface area (Å²) in [5, 5.41) is 3.22. The molecule has 1 aromatic rings. The van der Waals surface area contributed by atoms with Crippen molar-refractivity contribution >= 4 is 0 Å². The monoisotopic (exact) mass is 297 g/mol. The third-order valence-corrected chi connectivity index (χ3v) is 4.04. The zero-order valence-corrected chi connectivity index (χ0v) is 13.4. The zero-order valence-electron chi connectivity index (χ0n) is 13.4. The highest BCUT2D eigenvalue weighted by molar-refractivity contribution is 5.19. The third kappa shape index (κ3) is 7.56. The van der Waals surface area contributed by atoms with E-state index in [0.29, 0.717) is 12.0 Å². The molecule has 1 N–H and O–H groups in total. The van der Waals surface area contributed by atoms with E-state index in [2.05, 4.69) is 12.2 Å². The first kappa shape index (κ1) is 18.1. The molecule has 0 amide bonds. The fraction of sp³-hybridized carbons (Fsp3) is 0.667. The van der Waals surface area contributed by atoms with E-state index < -0.39 is 0 Å². The van der Waals surface area contributed by atoms with E-state index in [-0.39, 0.29) is 17.7 Å². The van der Waals surface area contributed by atoms with Crippen molar-refractivity contribution in [1.82, 2.24) is 5.32 Å². The molecule has 1 rings (SSSR count). The summed E-state index contributed by atoms with van der Waals surface area (Å²) in [6.07, 6.45) is 10.5. The van der Waals surface area contributed by atoms with Crippen molar-refractivity contribution < 1.29 is 8.78 Å². The molecule has 0 aliphatic rings. The van der Waals surface area contributed by atoms with Gasteiger partial charge in [0.1, 0.15) is 11.6 Å². The van der Waals surface area contributed by atoms with Crippen LogP contribution in [0.4, 0.5) is 8.78 Å². The Kier molecular flexibility index (Phi) is 9.24. The molecule has 1 unspecified atom stereocenters. The van der Waals surface area contributed by atoms with Crippen molar-refractivity contribution in [3.05, 3.63) is 35.4 Å². The second-order valence-corrected chi connectivity index (χ2v) is 5.84. The Balaban J connectivity index is 2.27. The van der Waals surface area contributed by atoms with E-state index in [1.165, 1.54) is 56.7 Å². The molecule has 3 heteroatoms. The topological polar surface area (TPSA) is 12.0 Å². The van der Waals surface area contributed by atoms with E-state index >= 15 is 0 Å².